The number of nitrogen functional groups attached to an aromatic ring is 1. The fourth-order valence-corrected chi connectivity index (χ4v) is 0.522. The average molecular weight is 107 g/mol. The molecular formula is C6H7N2. The van der Waals surface area contributed by atoms with E-state index >= 15 is 0 Å². The molecule has 0 amide bonds. The molecule has 0 unspecified atom stereocenters. The third-order valence-corrected chi connectivity index (χ3v) is 0.823. The molecule has 1 aromatic heterocycles. The Bertz CT molecular complexity index is 166. The van der Waals surface area contributed by atoms with Crippen LogP contribution in [0.3, 0.4) is 0 Å². The maximum Gasteiger partial charge on any atom is 0.0583 e. The highest BCUT2D eigenvalue weighted by atomic mass is 14.7. The minimum Gasteiger partial charge on any atom is -0.397 e. The van der Waals surface area contributed by atoms with Gasteiger partial charge < -0.3 is 5.73 Å². The van der Waals surface area contributed by atoms with Gasteiger partial charge in [-0.3, -0.25) is 4.98 Å². The molecule has 2 N–H and O–H groups in total. The highest BCUT2D eigenvalue weighted by Crippen LogP contribution is 1.98. The number of hydrogen-bond donors (Lipinski definition) is 1. The third kappa shape index (κ3) is 0.964. The molecule has 0 spiro atoms. The second-order valence-corrected chi connectivity index (χ2v) is 1.67. The van der Waals surface area contributed by atoms with E-state index in [9.17, 15) is 0 Å². The summed E-state index contributed by atoms with van der Waals surface area (Å²) in [5.41, 5.74) is 6.92. The van der Waals surface area contributed by atoms with Crippen molar-refractivity contribution >= 4 is 5.69 Å². The average Bonchev–Trinajstić information content (AvgIpc) is 1.64. The number of nitrogens with zero attached hydrogens (tertiary/aromatic N) is 1. The van der Waals surface area contributed by atoms with Crippen LogP contribution in [0.4, 0.5) is 5.69 Å². The Morgan fingerprint density at radius 1 is 1.62 bits per heavy atom. The Labute approximate surface area is 48.4 Å². The molecule has 0 atom stereocenters. The molecule has 0 saturated carbocycles. The number of rotatable bonds is 0. The van der Waals surface area contributed by atoms with Crippen molar-refractivity contribution in [2.75, 3.05) is 5.73 Å². The van der Waals surface area contributed by atoms with E-state index in [-0.39, 0.29) is 0 Å². The van der Waals surface area contributed by atoms with Crippen molar-refractivity contribution in [3.63, 3.8) is 0 Å². The van der Waals surface area contributed by atoms with Gasteiger partial charge >= 0.3 is 0 Å². The van der Waals surface area contributed by atoms with Crippen molar-refractivity contribution in [1.29, 1.82) is 0 Å². The Hall–Kier alpha value is -1.05. The van der Waals surface area contributed by atoms with Crippen LogP contribution in [0.1, 0.15) is 5.56 Å². The van der Waals surface area contributed by atoms with Crippen molar-refractivity contribution in [2.24, 2.45) is 0 Å². The van der Waals surface area contributed by atoms with Crippen LogP contribution in [-0.2, 0) is 0 Å². The van der Waals surface area contributed by atoms with Crippen LogP contribution in [0, 0.1) is 13.0 Å². The van der Waals surface area contributed by atoms with Gasteiger partial charge in [-0.2, -0.15) is 0 Å². The molecule has 8 heavy (non-hydrogen) atoms. The summed E-state index contributed by atoms with van der Waals surface area (Å²) in [6, 6.07) is 2.89. The minimum atomic E-state index is 0.602. The van der Waals surface area contributed by atoms with Crippen LogP contribution in [0.2, 0.25) is 0 Å². The largest absolute Gasteiger partial charge is 0.397 e. The molecule has 1 radical (unpaired) electrons. The number of anilines is 1. The van der Waals surface area contributed by atoms with Gasteiger partial charge in [0, 0.05) is 12.3 Å². The van der Waals surface area contributed by atoms with E-state index in [1.807, 2.05) is 6.92 Å². The summed E-state index contributed by atoms with van der Waals surface area (Å²) >= 11 is 0. The van der Waals surface area contributed by atoms with Gasteiger partial charge in [-0.25, -0.2) is 0 Å². The van der Waals surface area contributed by atoms with Crippen LogP contribution in [0.15, 0.2) is 12.4 Å². The van der Waals surface area contributed by atoms with E-state index in [0.29, 0.717) is 5.69 Å². The van der Waals surface area contributed by atoms with Gasteiger partial charge in [0.1, 0.15) is 0 Å². The Balaban J connectivity index is 3.08. The quantitative estimate of drug-likeness (QED) is 0.532. The third-order valence-electron chi connectivity index (χ3n) is 0.823. The maximum absolute atomic E-state index is 5.34. The molecule has 0 aliphatic rings. The lowest BCUT2D eigenvalue weighted by atomic mass is 10.3. The van der Waals surface area contributed by atoms with Crippen molar-refractivity contribution in [2.45, 2.75) is 6.92 Å². The smallest absolute Gasteiger partial charge is 0.0583 e. The van der Waals surface area contributed by atoms with Crippen LogP contribution < -0.4 is 5.73 Å². The minimum absolute atomic E-state index is 0.602. The maximum atomic E-state index is 5.34. The van der Waals surface area contributed by atoms with Crippen molar-refractivity contribution in [3.8, 4) is 0 Å². The van der Waals surface area contributed by atoms with Crippen LogP contribution >= 0.6 is 0 Å². The van der Waals surface area contributed by atoms with Gasteiger partial charge in [-0.1, -0.05) is 0 Å². The second-order valence-electron chi connectivity index (χ2n) is 1.67. The van der Waals surface area contributed by atoms with E-state index in [0.717, 1.165) is 5.56 Å². The predicted octanol–water partition coefficient (Wildman–Crippen LogP) is 0.772. The standard InChI is InChI=1S/C6H7N2/c1-5-2-6(7)4-8-3-5/h3-4H,7H2,1H3. The van der Waals surface area contributed by atoms with Crippen LogP contribution in [0.25, 0.3) is 0 Å². The summed E-state index contributed by atoms with van der Waals surface area (Å²) in [5, 5.41) is 0. The lowest BCUT2D eigenvalue weighted by Gasteiger charge is -1.89. The lowest BCUT2D eigenvalue weighted by molar-refractivity contribution is 1.27. The number of aryl methyl sites for hydroxylation is 1. The summed E-state index contributed by atoms with van der Waals surface area (Å²) in [6.07, 6.45) is 3.30. The fraction of sp³-hybridized carbons (Fsp3) is 0.167. The number of pyridine rings is 1. The van der Waals surface area contributed by atoms with Crippen LogP contribution in [0.5, 0.6) is 0 Å². The van der Waals surface area contributed by atoms with E-state index < -0.39 is 0 Å². The molecule has 0 bridgehead atoms. The van der Waals surface area contributed by atoms with Gasteiger partial charge in [0.05, 0.1) is 11.9 Å². The predicted molar refractivity (Wildman–Crippen MR) is 32.2 cm³/mol. The molecule has 1 aromatic rings. The lowest BCUT2D eigenvalue weighted by Crippen LogP contribution is -1.86. The Morgan fingerprint density at radius 3 is 2.75 bits per heavy atom. The number of aromatic nitrogens is 1. The molecule has 41 valence electrons. The molecule has 2 heteroatoms. The highest BCUT2D eigenvalue weighted by Gasteiger charge is 1.83. The molecule has 0 aromatic carbocycles. The van der Waals surface area contributed by atoms with E-state index in [2.05, 4.69) is 11.1 Å². The molecule has 0 aliphatic carbocycles. The van der Waals surface area contributed by atoms with Crippen molar-refractivity contribution in [3.05, 3.63) is 24.0 Å². The van der Waals surface area contributed by atoms with Crippen molar-refractivity contribution < 1.29 is 0 Å². The second kappa shape index (κ2) is 1.82. The summed E-state index contributed by atoms with van der Waals surface area (Å²) in [7, 11) is 0. The molecule has 0 saturated heterocycles. The van der Waals surface area contributed by atoms with E-state index in [1.54, 1.807) is 12.4 Å². The molecule has 0 fully saturated rings. The van der Waals surface area contributed by atoms with Gasteiger partial charge in [-0.15, -0.1) is 0 Å². The van der Waals surface area contributed by atoms with Gasteiger partial charge in [0.25, 0.3) is 0 Å². The van der Waals surface area contributed by atoms with Gasteiger partial charge in [-0.05, 0) is 12.5 Å². The SMILES string of the molecule is Cc1[c]c(N)cnc1. The highest BCUT2D eigenvalue weighted by molar-refractivity contribution is 5.34. The first-order chi connectivity index (χ1) is 3.79. The Kier molecular flexibility index (Phi) is 1.16. The summed E-state index contributed by atoms with van der Waals surface area (Å²) in [5.74, 6) is 0. The number of hydrogen-bond acceptors (Lipinski definition) is 2. The molecule has 0 aliphatic heterocycles. The topological polar surface area (TPSA) is 38.9 Å². The van der Waals surface area contributed by atoms with E-state index in [1.165, 1.54) is 0 Å². The molecular weight excluding hydrogens is 100 g/mol. The molecule has 1 heterocycles. The normalized spacial score (nSPS) is 9.12. The summed E-state index contributed by atoms with van der Waals surface area (Å²) in [6.45, 7) is 1.91. The van der Waals surface area contributed by atoms with Gasteiger partial charge in [0.2, 0.25) is 0 Å². The zero-order chi connectivity index (χ0) is 5.98. The zero-order valence-electron chi connectivity index (χ0n) is 4.68. The Morgan fingerprint density at radius 2 is 2.38 bits per heavy atom. The van der Waals surface area contributed by atoms with Crippen LogP contribution in [-0.4, -0.2) is 4.98 Å². The summed E-state index contributed by atoms with van der Waals surface area (Å²) < 4.78 is 0. The fourth-order valence-electron chi connectivity index (χ4n) is 0.522. The van der Waals surface area contributed by atoms with Gasteiger partial charge in [0.15, 0.2) is 0 Å². The van der Waals surface area contributed by atoms with E-state index in [4.69, 9.17) is 5.73 Å². The first kappa shape index (κ1) is 5.09. The summed E-state index contributed by atoms with van der Waals surface area (Å²) in [4.78, 5) is 3.83. The first-order valence-corrected chi connectivity index (χ1v) is 2.38. The van der Waals surface area contributed by atoms with Crippen molar-refractivity contribution in [1.82, 2.24) is 4.98 Å². The number of nitrogens with two attached hydrogens (primary N) is 1. The first-order valence-electron chi connectivity index (χ1n) is 2.38. The zero-order valence-corrected chi connectivity index (χ0v) is 4.68. The molecule has 1 rings (SSSR count). The molecule has 2 nitrogen and oxygen atoms in total. The monoisotopic (exact) mass is 107 g/mol.